The van der Waals surface area contributed by atoms with Crippen LogP contribution in [0.1, 0.15) is 38.7 Å². The molecule has 1 atom stereocenters. The van der Waals surface area contributed by atoms with Crippen LogP contribution in [0, 0.1) is 19.7 Å². The summed E-state index contributed by atoms with van der Waals surface area (Å²) in [6.45, 7) is 3.92. The molecule has 1 amide bonds. The number of benzene rings is 3. The molecule has 6 nitrogen and oxygen atoms in total. The van der Waals surface area contributed by atoms with Gasteiger partial charge in [-0.25, -0.2) is 9.07 Å². The summed E-state index contributed by atoms with van der Waals surface area (Å²) < 4.78 is 16.4. The minimum absolute atomic E-state index is 0.102. The highest BCUT2D eigenvalue weighted by Gasteiger charge is 2.29. The topological polar surface area (TPSA) is 71.8 Å². The highest BCUT2D eigenvalue weighted by atomic mass is 35.5. The number of hydrogen-bond donors (Lipinski definition) is 2. The SMILES string of the molecule is Cc1ccc(C2=C[C@@H](c3c(F)cccc3Cl)n3nc(NC(=O)c4cccc(C)c4)nc3N2)cc1. The first kappa shape index (κ1) is 21.9. The molecule has 0 unspecified atom stereocenters. The van der Waals surface area contributed by atoms with Crippen LogP contribution in [0.25, 0.3) is 5.70 Å². The van der Waals surface area contributed by atoms with Crippen LogP contribution in [0.5, 0.6) is 0 Å². The Hall–Kier alpha value is -3.97. The summed E-state index contributed by atoms with van der Waals surface area (Å²) in [5, 5.41) is 10.7. The number of hydrogen-bond acceptors (Lipinski definition) is 4. The van der Waals surface area contributed by atoms with E-state index >= 15 is 0 Å². The zero-order valence-corrected chi connectivity index (χ0v) is 19.3. The highest BCUT2D eigenvalue weighted by molar-refractivity contribution is 6.31. The number of nitrogens with one attached hydrogen (secondary N) is 2. The van der Waals surface area contributed by atoms with E-state index in [-0.39, 0.29) is 22.4 Å². The summed E-state index contributed by atoms with van der Waals surface area (Å²) >= 11 is 6.41. The van der Waals surface area contributed by atoms with Crippen molar-refractivity contribution in [2.45, 2.75) is 19.9 Å². The Bertz CT molecular complexity index is 1410. The van der Waals surface area contributed by atoms with Crippen LogP contribution in [0.3, 0.4) is 0 Å². The van der Waals surface area contributed by atoms with E-state index in [9.17, 15) is 9.18 Å². The lowest BCUT2D eigenvalue weighted by atomic mass is 10.0. The molecule has 5 rings (SSSR count). The van der Waals surface area contributed by atoms with Gasteiger partial charge in [0, 0.05) is 21.8 Å². The Morgan fingerprint density at radius 2 is 1.82 bits per heavy atom. The van der Waals surface area contributed by atoms with Gasteiger partial charge in [0.05, 0.1) is 0 Å². The molecule has 34 heavy (non-hydrogen) atoms. The summed E-state index contributed by atoms with van der Waals surface area (Å²) in [4.78, 5) is 17.2. The van der Waals surface area contributed by atoms with Crippen LogP contribution in [-0.2, 0) is 0 Å². The minimum atomic E-state index is -0.668. The molecule has 0 aliphatic carbocycles. The monoisotopic (exact) mass is 473 g/mol. The largest absolute Gasteiger partial charge is 0.324 e. The Kier molecular flexibility index (Phi) is 5.63. The minimum Gasteiger partial charge on any atom is -0.324 e. The first-order chi connectivity index (χ1) is 16.4. The highest BCUT2D eigenvalue weighted by Crippen LogP contribution is 2.37. The number of fused-ring (bicyclic) bond motifs is 1. The van der Waals surface area contributed by atoms with Gasteiger partial charge in [-0.1, -0.05) is 65.2 Å². The molecule has 0 fully saturated rings. The third-order valence-corrected chi connectivity index (χ3v) is 5.96. The number of rotatable bonds is 4. The van der Waals surface area contributed by atoms with E-state index in [1.54, 1.807) is 24.3 Å². The number of halogens is 2. The number of aryl methyl sites for hydroxylation is 2. The molecule has 0 radical (unpaired) electrons. The van der Waals surface area contributed by atoms with Crippen molar-refractivity contribution < 1.29 is 9.18 Å². The maximum Gasteiger partial charge on any atom is 0.258 e. The maximum absolute atomic E-state index is 14.9. The molecular weight excluding hydrogens is 453 g/mol. The second kappa shape index (κ2) is 8.76. The van der Waals surface area contributed by atoms with E-state index < -0.39 is 11.9 Å². The molecule has 1 aliphatic heterocycles. The van der Waals surface area contributed by atoms with Crippen LogP contribution in [0.4, 0.5) is 16.3 Å². The number of carbonyl (C=O) groups excluding carboxylic acids is 1. The Labute approximate surface area is 201 Å². The van der Waals surface area contributed by atoms with Gasteiger partial charge in [0.25, 0.3) is 11.9 Å². The fraction of sp³-hybridized carbons (Fsp3) is 0.115. The number of allylic oxidation sites excluding steroid dienone is 1. The van der Waals surface area contributed by atoms with Gasteiger partial charge in [-0.15, -0.1) is 5.10 Å². The standard InChI is InChI=1S/C26H21ClFN5O/c1-15-9-11-17(12-10-15)21-14-22(23-19(27)7-4-8-20(23)28)33-26(29-21)31-25(32-33)30-24(34)18-6-3-5-16(2)13-18/h3-14,22H,1-2H3,(H2,29,30,31,32,34)/t22-/m0/s1. The molecular formula is C26H21ClFN5O. The summed E-state index contributed by atoms with van der Waals surface area (Å²) in [6.07, 6.45) is 1.85. The summed E-state index contributed by atoms with van der Waals surface area (Å²) in [6, 6.07) is 19.0. The van der Waals surface area contributed by atoms with E-state index in [1.807, 2.05) is 56.3 Å². The Morgan fingerprint density at radius 3 is 2.56 bits per heavy atom. The van der Waals surface area contributed by atoms with Crippen molar-refractivity contribution in [3.8, 4) is 0 Å². The van der Waals surface area contributed by atoms with Gasteiger partial charge in [-0.3, -0.25) is 10.1 Å². The lowest BCUT2D eigenvalue weighted by Crippen LogP contribution is -2.21. The van der Waals surface area contributed by atoms with E-state index in [1.165, 1.54) is 10.7 Å². The molecule has 1 aromatic heterocycles. The lowest BCUT2D eigenvalue weighted by Gasteiger charge is -2.25. The third kappa shape index (κ3) is 4.18. The molecule has 0 saturated carbocycles. The molecule has 2 N–H and O–H groups in total. The maximum atomic E-state index is 14.9. The molecule has 2 heterocycles. The second-order valence-electron chi connectivity index (χ2n) is 8.18. The molecule has 1 aliphatic rings. The average Bonchev–Trinajstić information content (AvgIpc) is 3.22. The summed E-state index contributed by atoms with van der Waals surface area (Å²) in [5.74, 6) is -0.323. The summed E-state index contributed by atoms with van der Waals surface area (Å²) in [5.41, 5.74) is 4.50. The van der Waals surface area contributed by atoms with Gasteiger partial charge < -0.3 is 5.32 Å². The van der Waals surface area contributed by atoms with Gasteiger partial charge in [0.1, 0.15) is 11.9 Å². The van der Waals surface area contributed by atoms with Crippen molar-refractivity contribution in [1.29, 1.82) is 0 Å². The van der Waals surface area contributed by atoms with Crippen LogP contribution < -0.4 is 10.6 Å². The fourth-order valence-corrected chi connectivity index (χ4v) is 4.18. The quantitative estimate of drug-likeness (QED) is 0.381. The zero-order valence-electron chi connectivity index (χ0n) is 18.5. The van der Waals surface area contributed by atoms with E-state index in [0.29, 0.717) is 11.5 Å². The molecule has 8 heteroatoms. The van der Waals surface area contributed by atoms with Crippen LogP contribution >= 0.6 is 11.6 Å². The fourth-order valence-electron chi connectivity index (χ4n) is 3.91. The molecule has 3 aromatic carbocycles. The first-order valence-electron chi connectivity index (χ1n) is 10.7. The number of amides is 1. The van der Waals surface area contributed by atoms with Crippen molar-refractivity contribution in [1.82, 2.24) is 14.8 Å². The smallest absolute Gasteiger partial charge is 0.258 e. The number of nitrogens with zero attached hydrogens (tertiary/aromatic N) is 3. The number of aromatic nitrogens is 3. The lowest BCUT2D eigenvalue weighted by molar-refractivity contribution is 0.102. The Morgan fingerprint density at radius 1 is 1.06 bits per heavy atom. The molecule has 4 aromatic rings. The molecule has 170 valence electrons. The first-order valence-corrected chi connectivity index (χ1v) is 11.1. The number of anilines is 2. The molecule has 0 bridgehead atoms. The predicted octanol–water partition coefficient (Wildman–Crippen LogP) is 6.00. The van der Waals surface area contributed by atoms with Crippen LogP contribution in [0.2, 0.25) is 5.02 Å². The predicted molar refractivity (Wildman–Crippen MR) is 131 cm³/mol. The third-order valence-electron chi connectivity index (χ3n) is 5.63. The van der Waals surface area contributed by atoms with Crippen molar-refractivity contribution in [2.24, 2.45) is 0 Å². The van der Waals surface area contributed by atoms with Crippen molar-refractivity contribution in [3.05, 3.63) is 111 Å². The van der Waals surface area contributed by atoms with Gasteiger partial charge in [-0.2, -0.15) is 4.98 Å². The van der Waals surface area contributed by atoms with E-state index in [0.717, 1.165) is 22.4 Å². The average molecular weight is 474 g/mol. The van der Waals surface area contributed by atoms with E-state index in [2.05, 4.69) is 20.7 Å². The van der Waals surface area contributed by atoms with Crippen molar-refractivity contribution >= 4 is 35.1 Å². The Balaban J connectivity index is 1.55. The molecule has 0 saturated heterocycles. The zero-order chi connectivity index (χ0) is 23.8. The van der Waals surface area contributed by atoms with Gasteiger partial charge in [0.15, 0.2) is 0 Å². The number of carbonyl (C=O) groups is 1. The summed E-state index contributed by atoms with van der Waals surface area (Å²) in [7, 11) is 0. The second-order valence-corrected chi connectivity index (χ2v) is 8.59. The van der Waals surface area contributed by atoms with Crippen molar-refractivity contribution in [3.63, 3.8) is 0 Å². The normalized spacial score (nSPS) is 14.7. The van der Waals surface area contributed by atoms with Crippen LogP contribution in [0.15, 0.2) is 72.8 Å². The van der Waals surface area contributed by atoms with Crippen molar-refractivity contribution in [2.75, 3.05) is 10.6 Å². The van der Waals surface area contributed by atoms with Crippen LogP contribution in [-0.4, -0.2) is 20.7 Å². The molecule has 0 spiro atoms. The van der Waals surface area contributed by atoms with Gasteiger partial charge >= 0.3 is 0 Å². The van der Waals surface area contributed by atoms with Gasteiger partial charge in [0.2, 0.25) is 5.95 Å². The van der Waals surface area contributed by atoms with Gasteiger partial charge in [-0.05, 0) is 49.8 Å². The van der Waals surface area contributed by atoms with E-state index in [4.69, 9.17) is 11.6 Å².